The van der Waals surface area contributed by atoms with Crippen LogP contribution in [0.2, 0.25) is 0 Å². The number of ether oxygens (including phenoxy) is 2. The predicted molar refractivity (Wildman–Crippen MR) is 92.3 cm³/mol. The SMILES string of the molecule is COc1cc(C)c(S(=O)(=O)N2CC(C)NCC2C)cc1OC.Cl. The standard InChI is InChI=1S/C15H24N2O4S.ClH/c1-10-6-13(20-4)14(21-5)7-15(10)22(18,19)17-9-11(2)16-8-12(17)3;/h6-7,11-12,16H,8-9H2,1-5H3;1H. The number of methoxy groups -OCH3 is 2. The van der Waals surface area contributed by atoms with E-state index in [2.05, 4.69) is 5.32 Å². The summed E-state index contributed by atoms with van der Waals surface area (Å²) >= 11 is 0. The van der Waals surface area contributed by atoms with Gasteiger partial charge in [0.15, 0.2) is 11.5 Å². The predicted octanol–water partition coefficient (Wildman–Crippen LogP) is 1.80. The molecule has 1 N–H and O–H groups in total. The summed E-state index contributed by atoms with van der Waals surface area (Å²) in [5.41, 5.74) is 0.649. The highest BCUT2D eigenvalue weighted by Crippen LogP contribution is 2.34. The third-order valence-corrected chi connectivity index (χ3v) is 6.10. The van der Waals surface area contributed by atoms with Crippen molar-refractivity contribution >= 4 is 22.4 Å². The molecule has 1 saturated heterocycles. The third kappa shape index (κ3) is 3.91. The summed E-state index contributed by atoms with van der Waals surface area (Å²) in [6.07, 6.45) is 0. The van der Waals surface area contributed by atoms with Gasteiger partial charge < -0.3 is 14.8 Å². The zero-order valence-corrected chi connectivity index (χ0v) is 15.8. The summed E-state index contributed by atoms with van der Waals surface area (Å²) in [5.74, 6) is 0.947. The molecule has 0 aromatic heterocycles. The number of nitrogens with zero attached hydrogens (tertiary/aromatic N) is 1. The lowest BCUT2D eigenvalue weighted by Gasteiger charge is -2.36. The lowest BCUT2D eigenvalue weighted by Crippen LogP contribution is -2.56. The van der Waals surface area contributed by atoms with Crippen LogP contribution in [-0.2, 0) is 10.0 Å². The smallest absolute Gasteiger partial charge is 0.243 e. The molecule has 1 aliphatic rings. The van der Waals surface area contributed by atoms with Gasteiger partial charge in [0, 0.05) is 31.2 Å². The molecule has 1 heterocycles. The maximum atomic E-state index is 13.0. The zero-order valence-electron chi connectivity index (χ0n) is 14.1. The van der Waals surface area contributed by atoms with Crippen LogP contribution in [0, 0.1) is 6.92 Å². The molecule has 1 aliphatic heterocycles. The minimum atomic E-state index is -3.57. The molecule has 0 spiro atoms. The molecule has 8 heteroatoms. The molecule has 23 heavy (non-hydrogen) atoms. The van der Waals surface area contributed by atoms with Gasteiger partial charge in [-0.2, -0.15) is 4.31 Å². The minimum absolute atomic E-state index is 0. The van der Waals surface area contributed by atoms with E-state index in [1.165, 1.54) is 14.2 Å². The summed E-state index contributed by atoms with van der Waals surface area (Å²) in [7, 11) is -0.542. The van der Waals surface area contributed by atoms with Gasteiger partial charge in [0.05, 0.1) is 19.1 Å². The van der Waals surface area contributed by atoms with Crippen LogP contribution in [0.15, 0.2) is 17.0 Å². The highest BCUT2D eigenvalue weighted by molar-refractivity contribution is 7.89. The number of nitrogens with one attached hydrogen (secondary N) is 1. The van der Waals surface area contributed by atoms with E-state index in [0.717, 1.165) is 0 Å². The molecular weight excluding hydrogens is 340 g/mol. The van der Waals surface area contributed by atoms with Crippen LogP contribution in [0.5, 0.6) is 11.5 Å². The van der Waals surface area contributed by atoms with Crippen molar-refractivity contribution in [3.8, 4) is 11.5 Å². The molecular formula is C15H25ClN2O4S. The fourth-order valence-corrected chi connectivity index (χ4v) is 4.63. The van der Waals surface area contributed by atoms with Crippen LogP contribution < -0.4 is 14.8 Å². The Morgan fingerprint density at radius 2 is 1.74 bits per heavy atom. The number of piperazine rings is 1. The number of hydrogen-bond acceptors (Lipinski definition) is 5. The summed E-state index contributed by atoms with van der Waals surface area (Å²) in [6, 6.07) is 3.28. The lowest BCUT2D eigenvalue weighted by atomic mass is 10.2. The van der Waals surface area contributed by atoms with Crippen LogP contribution in [0.3, 0.4) is 0 Å². The maximum absolute atomic E-state index is 13.0. The van der Waals surface area contributed by atoms with E-state index >= 15 is 0 Å². The third-order valence-electron chi connectivity index (χ3n) is 3.97. The Hall–Kier alpha value is -1.02. The number of hydrogen-bond donors (Lipinski definition) is 1. The number of benzene rings is 1. The van der Waals surface area contributed by atoms with E-state index in [9.17, 15) is 8.42 Å². The van der Waals surface area contributed by atoms with E-state index in [1.807, 2.05) is 13.8 Å². The molecule has 1 aromatic carbocycles. The van der Waals surface area contributed by atoms with Crippen LogP contribution in [0.4, 0.5) is 0 Å². The lowest BCUT2D eigenvalue weighted by molar-refractivity contribution is 0.244. The van der Waals surface area contributed by atoms with Crippen molar-refractivity contribution in [2.75, 3.05) is 27.3 Å². The Kier molecular flexibility index (Phi) is 6.70. The molecule has 6 nitrogen and oxygen atoms in total. The molecule has 132 valence electrons. The Morgan fingerprint density at radius 1 is 1.17 bits per heavy atom. The van der Waals surface area contributed by atoms with Crippen molar-refractivity contribution in [2.45, 2.75) is 37.8 Å². The Bertz CT molecular complexity index is 651. The van der Waals surface area contributed by atoms with Crippen LogP contribution in [-0.4, -0.2) is 52.1 Å². The van der Waals surface area contributed by atoms with Gasteiger partial charge in [0.2, 0.25) is 10.0 Å². The van der Waals surface area contributed by atoms with Gasteiger partial charge in [0.25, 0.3) is 0 Å². The van der Waals surface area contributed by atoms with Gasteiger partial charge in [-0.15, -0.1) is 12.4 Å². The second-order valence-electron chi connectivity index (χ2n) is 5.71. The largest absolute Gasteiger partial charge is 0.493 e. The van der Waals surface area contributed by atoms with Gasteiger partial charge in [-0.1, -0.05) is 0 Å². The summed E-state index contributed by atoms with van der Waals surface area (Å²) in [6.45, 7) is 6.76. The highest BCUT2D eigenvalue weighted by Gasteiger charge is 2.34. The van der Waals surface area contributed by atoms with E-state index in [1.54, 1.807) is 23.4 Å². The maximum Gasteiger partial charge on any atom is 0.243 e. The molecule has 2 unspecified atom stereocenters. The molecule has 1 aromatic rings. The van der Waals surface area contributed by atoms with Crippen molar-refractivity contribution in [1.82, 2.24) is 9.62 Å². The molecule has 0 radical (unpaired) electrons. The van der Waals surface area contributed by atoms with Crippen molar-refractivity contribution in [3.05, 3.63) is 17.7 Å². The van der Waals surface area contributed by atoms with Gasteiger partial charge >= 0.3 is 0 Å². The number of halogens is 1. The average molecular weight is 365 g/mol. The Morgan fingerprint density at radius 3 is 2.30 bits per heavy atom. The van der Waals surface area contributed by atoms with Gasteiger partial charge in [-0.05, 0) is 32.4 Å². The second-order valence-corrected chi connectivity index (χ2v) is 7.56. The van der Waals surface area contributed by atoms with Crippen LogP contribution in [0.1, 0.15) is 19.4 Å². The Labute approximate surface area is 144 Å². The van der Waals surface area contributed by atoms with Crippen molar-refractivity contribution < 1.29 is 17.9 Å². The molecule has 2 atom stereocenters. The molecule has 2 rings (SSSR count). The fourth-order valence-electron chi connectivity index (χ4n) is 2.69. The Balaban J connectivity index is 0.00000264. The van der Waals surface area contributed by atoms with Gasteiger partial charge in [-0.3, -0.25) is 0 Å². The molecule has 1 fully saturated rings. The molecule has 0 aliphatic carbocycles. The van der Waals surface area contributed by atoms with Crippen molar-refractivity contribution in [2.24, 2.45) is 0 Å². The van der Waals surface area contributed by atoms with E-state index in [4.69, 9.17) is 9.47 Å². The normalized spacial score (nSPS) is 22.3. The summed E-state index contributed by atoms with van der Waals surface area (Å²) in [5, 5.41) is 3.29. The first kappa shape index (κ1) is 20.0. The highest BCUT2D eigenvalue weighted by atomic mass is 35.5. The summed E-state index contributed by atoms with van der Waals surface area (Å²) in [4.78, 5) is 0.270. The fraction of sp³-hybridized carbons (Fsp3) is 0.600. The molecule has 0 amide bonds. The molecule has 0 bridgehead atoms. The minimum Gasteiger partial charge on any atom is -0.493 e. The monoisotopic (exact) mass is 364 g/mol. The van der Waals surface area contributed by atoms with Gasteiger partial charge in [0.1, 0.15) is 0 Å². The number of aryl methyl sites for hydroxylation is 1. The zero-order chi connectivity index (χ0) is 16.5. The average Bonchev–Trinajstić information content (AvgIpc) is 2.48. The van der Waals surface area contributed by atoms with Crippen LogP contribution in [0.25, 0.3) is 0 Å². The van der Waals surface area contributed by atoms with Crippen LogP contribution >= 0.6 is 12.4 Å². The second kappa shape index (κ2) is 7.70. The quantitative estimate of drug-likeness (QED) is 0.882. The van der Waals surface area contributed by atoms with E-state index in [-0.39, 0.29) is 29.4 Å². The first-order valence-electron chi connectivity index (χ1n) is 7.29. The van der Waals surface area contributed by atoms with E-state index < -0.39 is 10.0 Å². The van der Waals surface area contributed by atoms with E-state index in [0.29, 0.717) is 30.2 Å². The van der Waals surface area contributed by atoms with Crippen molar-refractivity contribution in [3.63, 3.8) is 0 Å². The number of rotatable bonds is 4. The summed E-state index contributed by atoms with van der Waals surface area (Å²) < 4.78 is 38.1. The number of sulfonamides is 1. The van der Waals surface area contributed by atoms with Crippen molar-refractivity contribution in [1.29, 1.82) is 0 Å². The van der Waals surface area contributed by atoms with Gasteiger partial charge in [-0.25, -0.2) is 8.42 Å². The molecule has 0 saturated carbocycles. The first-order chi connectivity index (χ1) is 10.3. The first-order valence-corrected chi connectivity index (χ1v) is 8.73. The topological polar surface area (TPSA) is 67.9 Å².